The summed E-state index contributed by atoms with van der Waals surface area (Å²) >= 11 is 5.87. The standard InChI is InChI=1S/C17H17ClN2O2/c1-3-16(12-7-9-14(18)10-8-12)19-20-17(21)13-5-4-6-15(11-13)22-2/h4-11H,3H2,1-2H3,(H,20,21). The molecule has 0 aromatic heterocycles. The number of halogens is 1. The molecule has 0 fully saturated rings. The number of carbonyl (C=O) groups is 1. The van der Waals surface area contributed by atoms with E-state index in [9.17, 15) is 4.79 Å². The molecule has 0 bridgehead atoms. The first-order valence-electron chi connectivity index (χ1n) is 6.91. The highest BCUT2D eigenvalue weighted by molar-refractivity contribution is 6.30. The Labute approximate surface area is 134 Å². The van der Waals surface area contributed by atoms with Crippen molar-refractivity contribution in [3.63, 3.8) is 0 Å². The Morgan fingerprint density at radius 3 is 2.55 bits per heavy atom. The number of nitrogens with zero attached hydrogens (tertiary/aromatic N) is 1. The molecule has 5 heteroatoms. The van der Waals surface area contributed by atoms with Crippen LogP contribution in [0.1, 0.15) is 29.3 Å². The Balaban J connectivity index is 2.14. The Kier molecular flexibility index (Phi) is 5.55. The summed E-state index contributed by atoms with van der Waals surface area (Å²) in [6, 6.07) is 14.3. The summed E-state index contributed by atoms with van der Waals surface area (Å²) in [7, 11) is 1.56. The summed E-state index contributed by atoms with van der Waals surface area (Å²) in [5.74, 6) is 0.351. The number of ether oxygens (including phenoxy) is 1. The zero-order valence-electron chi connectivity index (χ0n) is 12.5. The zero-order valence-corrected chi connectivity index (χ0v) is 13.2. The fourth-order valence-corrected chi connectivity index (χ4v) is 2.06. The number of methoxy groups -OCH3 is 1. The van der Waals surface area contributed by atoms with Crippen molar-refractivity contribution in [1.82, 2.24) is 5.43 Å². The summed E-state index contributed by atoms with van der Waals surface area (Å²) in [6.07, 6.45) is 0.694. The average Bonchev–Trinajstić information content (AvgIpc) is 2.56. The van der Waals surface area contributed by atoms with Gasteiger partial charge in [-0.1, -0.05) is 36.7 Å². The highest BCUT2D eigenvalue weighted by Gasteiger charge is 2.07. The maximum atomic E-state index is 12.1. The number of hydrogen-bond acceptors (Lipinski definition) is 3. The molecule has 114 valence electrons. The highest BCUT2D eigenvalue weighted by Crippen LogP contribution is 2.13. The first kappa shape index (κ1) is 16.0. The summed E-state index contributed by atoms with van der Waals surface area (Å²) in [5.41, 5.74) is 4.78. The van der Waals surface area contributed by atoms with Crippen molar-refractivity contribution >= 4 is 23.2 Å². The first-order valence-corrected chi connectivity index (χ1v) is 7.28. The number of nitrogens with one attached hydrogen (secondary N) is 1. The number of benzene rings is 2. The second kappa shape index (κ2) is 7.61. The van der Waals surface area contributed by atoms with Gasteiger partial charge in [0.25, 0.3) is 5.91 Å². The molecule has 0 radical (unpaired) electrons. The maximum absolute atomic E-state index is 12.1. The Morgan fingerprint density at radius 2 is 1.91 bits per heavy atom. The summed E-state index contributed by atoms with van der Waals surface area (Å²) in [6.45, 7) is 1.98. The van der Waals surface area contributed by atoms with Gasteiger partial charge in [-0.3, -0.25) is 4.79 Å². The third-order valence-electron chi connectivity index (χ3n) is 3.14. The van der Waals surface area contributed by atoms with Crippen molar-refractivity contribution in [3.8, 4) is 5.75 Å². The summed E-state index contributed by atoms with van der Waals surface area (Å²) in [4.78, 5) is 12.1. The van der Waals surface area contributed by atoms with Crippen LogP contribution < -0.4 is 10.2 Å². The summed E-state index contributed by atoms with van der Waals surface area (Å²) < 4.78 is 5.10. The fraction of sp³-hybridized carbons (Fsp3) is 0.176. The molecule has 2 aromatic rings. The van der Waals surface area contributed by atoms with Crippen LogP contribution in [0.5, 0.6) is 5.75 Å². The normalized spacial score (nSPS) is 11.1. The lowest BCUT2D eigenvalue weighted by molar-refractivity contribution is 0.0954. The van der Waals surface area contributed by atoms with Gasteiger partial charge in [0.2, 0.25) is 0 Å². The molecule has 0 saturated heterocycles. The smallest absolute Gasteiger partial charge is 0.271 e. The van der Waals surface area contributed by atoms with E-state index in [0.717, 1.165) is 11.3 Å². The van der Waals surface area contributed by atoms with E-state index in [1.807, 2.05) is 19.1 Å². The molecule has 1 amide bonds. The molecule has 2 rings (SSSR count). The zero-order chi connectivity index (χ0) is 15.9. The minimum Gasteiger partial charge on any atom is -0.497 e. The number of rotatable bonds is 5. The number of hydrogen-bond donors (Lipinski definition) is 1. The van der Waals surface area contributed by atoms with Crippen molar-refractivity contribution in [2.24, 2.45) is 5.10 Å². The van der Waals surface area contributed by atoms with E-state index in [1.165, 1.54) is 0 Å². The van der Waals surface area contributed by atoms with Crippen LogP contribution in [-0.2, 0) is 0 Å². The molecule has 0 aliphatic heterocycles. The minimum absolute atomic E-state index is 0.279. The molecule has 0 heterocycles. The second-order valence-electron chi connectivity index (χ2n) is 4.59. The molecule has 0 saturated carbocycles. The molecular formula is C17H17ClN2O2. The van der Waals surface area contributed by atoms with Gasteiger partial charge >= 0.3 is 0 Å². The van der Waals surface area contributed by atoms with E-state index in [-0.39, 0.29) is 5.91 Å². The lowest BCUT2D eigenvalue weighted by Crippen LogP contribution is -2.20. The van der Waals surface area contributed by atoms with Crippen molar-refractivity contribution < 1.29 is 9.53 Å². The van der Waals surface area contributed by atoms with Crippen molar-refractivity contribution in [3.05, 3.63) is 64.7 Å². The van der Waals surface area contributed by atoms with Crippen molar-refractivity contribution in [1.29, 1.82) is 0 Å². The topological polar surface area (TPSA) is 50.7 Å². The second-order valence-corrected chi connectivity index (χ2v) is 5.03. The van der Waals surface area contributed by atoms with E-state index in [4.69, 9.17) is 16.3 Å². The third-order valence-corrected chi connectivity index (χ3v) is 3.39. The largest absolute Gasteiger partial charge is 0.497 e. The van der Waals surface area contributed by atoms with Crippen LogP contribution in [-0.4, -0.2) is 18.7 Å². The van der Waals surface area contributed by atoms with Crippen LogP contribution in [0.15, 0.2) is 53.6 Å². The van der Waals surface area contributed by atoms with Crippen LogP contribution in [0.3, 0.4) is 0 Å². The van der Waals surface area contributed by atoms with Gasteiger partial charge in [0, 0.05) is 10.6 Å². The van der Waals surface area contributed by atoms with Crippen molar-refractivity contribution in [2.75, 3.05) is 7.11 Å². The molecule has 22 heavy (non-hydrogen) atoms. The van der Waals surface area contributed by atoms with Gasteiger partial charge in [0.1, 0.15) is 5.75 Å². The van der Waals surface area contributed by atoms with Crippen LogP contribution in [0.4, 0.5) is 0 Å². The Morgan fingerprint density at radius 1 is 1.18 bits per heavy atom. The quantitative estimate of drug-likeness (QED) is 0.672. The fourth-order valence-electron chi connectivity index (χ4n) is 1.94. The van der Waals surface area contributed by atoms with E-state index in [2.05, 4.69) is 10.5 Å². The van der Waals surface area contributed by atoms with Crippen LogP contribution >= 0.6 is 11.6 Å². The first-order chi connectivity index (χ1) is 10.6. The van der Waals surface area contributed by atoms with Gasteiger partial charge in [-0.15, -0.1) is 0 Å². The molecule has 1 N–H and O–H groups in total. The molecule has 2 aromatic carbocycles. The summed E-state index contributed by atoms with van der Waals surface area (Å²) in [5, 5.41) is 4.87. The van der Waals surface area contributed by atoms with Crippen LogP contribution in [0.25, 0.3) is 0 Å². The molecule has 0 aliphatic carbocycles. The monoisotopic (exact) mass is 316 g/mol. The predicted molar refractivity (Wildman–Crippen MR) is 88.7 cm³/mol. The van der Waals surface area contributed by atoms with Gasteiger partial charge < -0.3 is 4.74 Å². The van der Waals surface area contributed by atoms with Gasteiger partial charge in [-0.25, -0.2) is 5.43 Å². The third kappa shape index (κ3) is 4.09. The van der Waals surface area contributed by atoms with E-state index in [0.29, 0.717) is 22.8 Å². The molecule has 0 aliphatic rings. The highest BCUT2D eigenvalue weighted by atomic mass is 35.5. The lowest BCUT2D eigenvalue weighted by atomic mass is 10.1. The minimum atomic E-state index is -0.279. The molecule has 0 atom stereocenters. The molecule has 0 spiro atoms. The Bertz CT molecular complexity index is 681. The van der Waals surface area contributed by atoms with Crippen molar-refractivity contribution in [2.45, 2.75) is 13.3 Å². The molecular weight excluding hydrogens is 300 g/mol. The van der Waals surface area contributed by atoms with Gasteiger partial charge in [0.15, 0.2) is 0 Å². The Hall–Kier alpha value is -2.33. The van der Waals surface area contributed by atoms with E-state index < -0.39 is 0 Å². The number of carbonyl (C=O) groups excluding carboxylic acids is 1. The molecule has 0 unspecified atom stereocenters. The van der Waals surface area contributed by atoms with Crippen LogP contribution in [0.2, 0.25) is 5.02 Å². The van der Waals surface area contributed by atoms with Gasteiger partial charge in [-0.2, -0.15) is 5.10 Å². The number of amides is 1. The number of hydrazone groups is 1. The SMILES string of the molecule is CCC(=NNC(=O)c1cccc(OC)c1)c1ccc(Cl)cc1. The maximum Gasteiger partial charge on any atom is 0.271 e. The van der Waals surface area contributed by atoms with Gasteiger partial charge in [-0.05, 0) is 42.3 Å². The van der Waals surface area contributed by atoms with Crippen LogP contribution in [0, 0.1) is 0 Å². The molecule has 4 nitrogen and oxygen atoms in total. The van der Waals surface area contributed by atoms with Gasteiger partial charge in [0.05, 0.1) is 12.8 Å². The average molecular weight is 317 g/mol. The van der Waals surface area contributed by atoms with E-state index in [1.54, 1.807) is 43.5 Å². The van der Waals surface area contributed by atoms with E-state index >= 15 is 0 Å². The lowest BCUT2D eigenvalue weighted by Gasteiger charge is -2.06. The predicted octanol–water partition coefficient (Wildman–Crippen LogP) is 3.89.